The molecule has 0 atom stereocenters. The van der Waals surface area contributed by atoms with Gasteiger partial charge in [-0.2, -0.15) is 0 Å². The molecule has 2 aromatic carbocycles. The van der Waals surface area contributed by atoms with Gasteiger partial charge in [0.2, 0.25) is 0 Å². The highest BCUT2D eigenvalue weighted by Crippen LogP contribution is 2.19. The molecule has 0 bridgehead atoms. The van der Waals surface area contributed by atoms with Crippen LogP contribution in [0.3, 0.4) is 0 Å². The summed E-state index contributed by atoms with van der Waals surface area (Å²) in [6.07, 6.45) is 0. The van der Waals surface area contributed by atoms with E-state index >= 15 is 0 Å². The van der Waals surface area contributed by atoms with Gasteiger partial charge in [0.25, 0.3) is 0 Å². The second kappa shape index (κ2) is 7.13. The summed E-state index contributed by atoms with van der Waals surface area (Å²) in [6.45, 7) is 1.82. The SMILES string of the molecule is Cc1c(N)cc(C(=O)OCCSc2ccccc2)cc1F. The lowest BCUT2D eigenvalue weighted by molar-refractivity contribution is 0.0530. The van der Waals surface area contributed by atoms with Crippen molar-refractivity contribution in [2.45, 2.75) is 11.8 Å². The third kappa shape index (κ3) is 4.23. The predicted octanol–water partition coefficient (Wildman–Crippen LogP) is 3.67. The van der Waals surface area contributed by atoms with Crippen LogP contribution < -0.4 is 5.73 Å². The van der Waals surface area contributed by atoms with Gasteiger partial charge in [-0.25, -0.2) is 9.18 Å². The Bertz CT molecular complexity index is 608. The van der Waals surface area contributed by atoms with Crippen LogP contribution >= 0.6 is 11.8 Å². The number of benzene rings is 2. The van der Waals surface area contributed by atoms with E-state index in [4.69, 9.17) is 10.5 Å². The first-order valence-electron chi connectivity index (χ1n) is 6.48. The molecule has 3 nitrogen and oxygen atoms in total. The number of esters is 1. The van der Waals surface area contributed by atoms with Crippen LogP contribution in [-0.2, 0) is 4.74 Å². The van der Waals surface area contributed by atoms with Crippen molar-refractivity contribution in [2.24, 2.45) is 0 Å². The summed E-state index contributed by atoms with van der Waals surface area (Å²) in [4.78, 5) is 12.9. The minimum Gasteiger partial charge on any atom is -0.461 e. The highest BCUT2D eigenvalue weighted by atomic mass is 32.2. The summed E-state index contributed by atoms with van der Waals surface area (Å²) in [7, 11) is 0. The van der Waals surface area contributed by atoms with Gasteiger partial charge in [-0.05, 0) is 31.2 Å². The fraction of sp³-hybridized carbons (Fsp3) is 0.188. The number of hydrogen-bond donors (Lipinski definition) is 1. The van der Waals surface area contributed by atoms with Crippen molar-refractivity contribution in [2.75, 3.05) is 18.1 Å². The maximum Gasteiger partial charge on any atom is 0.338 e. The average molecular weight is 305 g/mol. The van der Waals surface area contributed by atoms with Crippen LogP contribution in [0, 0.1) is 12.7 Å². The van der Waals surface area contributed by atoms with Gasteiger partial charge >= 0.3 is 5.97 Å². The van der Waals surface area contributed by atoms with E-state index in [9.17, 15) is 9.18 Å². The van der Waals surface area contributed by atoms with E-state index in [2.05, 4.69) is 0 Å². The van der Waals surface area contributed by atoms with E-state index in [0.717, 1.165) is 11.0 Å². The van der Waals surface area contributed by atoms with Crippen LogP contribution in [0.2, 0.25) is 0 Å². The molecule has 0 heterocycles. The van der Waals surface area contributed by atoms with Gasteiger partial charge in [-0.15, -0.1) is 11.8 Å². The van der Waals surface area contributed by atoms with E-state index in [-0.39, 0.29) is 17.9 Å². The molecule has 0 aromatic heterocycles. The molecule has 0 amide bonds. The second-order valence-corrected chi connectivity index (χ2v) is 5.64. The summed E-state index contributed by atoms with van der Waals surface area (Å²) in [5.74, 6) is -0.422. The molecule has 0 saturated carbocycles. The number of carbonyl (C=O) groups excluding carboxylic acids is 1. The molecule has 0 unspecified atom stereocenters. The summed E-state index contributed by atoms with van der Waals surface area (Å²) in [5.41, 5.74) is 6.37. The fourth-order valence-electron chi connectivity index (χ4n) is 1.71. The molecule has 0 saturated heterocycles. The molecule has 2 rings (SSSR count). The van der Waals surface area contributed by atoms with E-state index < -0.39 is 11.8 Å². The Morgan fingerprint density at radius 1 is 1.29 bits per heavy atom. The smallest absolute Gasteiger partial charge is 0.338 e. The van der Waals surface area contributed by atoms with E-state index in [1.54, 1.807) is 18.7 Å². The Balaban J connectivity index is 1.85. The van der Waals surface area contributed by atoms with Crippen LogP contribution in [0.25, 0.3) is 0 Å². The maximum absolute atomic E-state index is 13.5. The predicted molar refractivity (Wildman–Crippen MR) is 83.0 cm³/mol. The lowest BCUT2D eigenvalue weighted by Crippen LogP contribution is -2.09. The molecule has 0 aliphatic heterocycles. The number of rotatable bonds is 5. The Morgan fingerprint density at radius 2 is 2.00 bits per heavy atom. The number of nitrogens with two attached hydrogens (primary N) is 1. The van der Waals surface area contributed by atoms with E-state index in [0.29, 0.717) is 11.3 Å². The molecule has 2 N–H and O–H groups in total. The van der Waals surface area contributed by atoms with Gasteiger partial charge in [0.05, 0.1) is 5.56 Å². The molecule has 0 spiro atoms. The summed E-state index contributed by atoms with van der Waals surface area (Å²) in [5, 5.41) is 0. The fourth-order valence-corrected chi connectivity index (χ4v) is 2.46. The van der Waals surface area contributed by atoms with Crippen molar-refractivity contribution < 1.29 is 13.9 Å². The third-order valence-electron chi connectivity index (χ3n) is 2.95. The lowest BCUT2D eigenvalue weighted by atomic mass is 10.1. The van der Waals surface area contributed by atoms with Gasteiger partial charge in [0.1, 0.15) is 12.4 Å². The van der Waals surface area contributed by atoms with Crippen molar-refractivity contribution in [1.29, 1.82) is 0 Å². The minimum absolute atomic E-state index is 0.139. The maximum atomic E-state index is 13.5. The van der Waals surface area contributed by atoms with Crippen molar-refractivity contribution in [3.05, 3.63) is 59.4 Å². The van der Waals surface area contributed by atoms with Gasteiger partial charge in [0.15, 0.2) is 0 Å². The third-order valence-corrected chi connectivity index (χ3v) is 3.92. The van der Waals surface area contributed by atoms with Gasteiger partial charge in [-0.1, -0.05) is 18.2 Å². The highest BCUT2D eigenvalue weighted by molar-refractivity contribution is 7.99. The first-order valence-corrected chi connectivity index (χ1v) is 7.47. The molecule has 5 heteroatoms. The van der Waals surface area contributed by atoms with Crippen LogP contribution in [0.1, 0.15) is 15.9 Å². The Kier molecular flexibility index (Phi) is 5.22. The van der Waals surface area contributed by atoms with Crippen LogP contribution in [-0.4, -0.2) is 18.3 Å². The molecule has 0 aliphatic carbocycles. The van der Waals surface area contributed by atoms with E-state index in [1.807, 2.05) is 30.3 Å². The topological polar surface area (TPSA) is 52.3 Å². The quantitative estimate of drug-likeness (QED) is 0.396. The molecular weight excluding hydrogens is 289 g/mol. The van der Waals surface area contributed by atoms with Crippen molar-refractivity contribution in [3.8, 4) is 0 Å². The Hall–Kier alpha value is -2.01. The number of carbonyl (C=O) groups is 1. The number of ether oxygens (including phenoxy) is 1. The molecule has 0 aliphatic rings. The van der Waals surface area contributed by atoms with Crippen LogP contribution in [0.4, 0.5) is 10.1 Å². The number of anilines is 1. The molecular formula is C16H16FNO2S. The van der Waals surface area contributed by atoms with Crippen LogP contribution in [0.5, 0.6) is 0 Å². The zero-order chi connectivity index (χ0) is 15.2. The number of hydrogen-bond acceptors (Lipinski definition) is 4. The van der Waals surface area contributed by atoms with Gasteiger partial charge in [0, 0.05) is 21.9 Å². The van der Waals surface area contributed by atoms with Gasteiger partial charge in [-0.3, -0.25) is 0 Å². The highest BCUT2D eigenvalue weighted by Gasteiger charge is 2.12. The molecule has 21 heavy (non-hydrogen) atoms. The summed E-state index contributed by atoms with van der Waals surface area (Å²) < 4.78 is 18.6. The Morgan fingerprint density at radius 3 is 2.67 bits per heavy atom. The molecule has 2 aromatic rings. The zero-order valence-electron chi connectivity index (χ0n) is 11.6. The average Bonchev–Trinajstić information content (AvgIpc) is 2.49. The standard InChI is InChI=1S/C16H16FNO2S/c1-11-14(17)9-12(10-15(11)18)16(19)20-7-8-21-13-5-3-2-4-6-13/h2-6,9-10H,7-8,18H2,1H3. The monoisotopic (exact) mass is 305 g/mol. The van der Waals surface area contributed by atoms with Crippen molar-refractivity contribution in [3.63, 3.8) is 0 Å². The molecule has 0 radical (unpaired) electrons. The van der Waals surface area contributed by atoms with Crippen molar-refractivity contribution in [1.82, 2.24) is 0 Å². The zero-order valence-corrected chi connectivity index (χ0v) is 12.5. The second-order valence-electron chi connectivity index (χ2n) is 4.47. The lowest BCUT2D eigenvalue weighted by Gasteiger charge is -2.07. The summed E-state index contributed by atoms with van der Waals surface area (Å²) >= 11 is 1.59. The van der Waals surface area contributed by atoms with E-state index in [1.165, 1.54) is 6.07 Å². The van der Waals surface area contributed by atoms with Crippen LogP contribution in [0.15, 0.2) is 47.4 Å². The molecule has 110 valence electrons. The summed E-state index contributed by atoms with van der Waals surface area (Å²) in [6, 6.07) is 12.4. The normalized spacial score (nSPS) is 10.4. The number of nitrogen functional groups attached to an aromatic ring is 1. The Labute approximate surface area is 127 Å². The first kappa shape index (κ1) is 15.4. The largest absolute Gasteiger partial charge is 0.461 e. The first-order chi connectivity index (χ1) is 10.1. The number of halogens is 1. The molecule has 0 fully saturated rings. The minimum atomic E-state index is -0.561. The van der Waals surface area contributed by atoms with Crippen molar-refractivity contribution >= 4 is 23.4 Å². The number of thioether (sulfide) groups is 1. The van der Waals surface area contributed by atoms with Gasteiger partial charge < -0.3 is 10.5 Å².